The van der Waals surface area contributed by atoms with Crippen molar-refractivity contribution < 1.29 is 8.42 Å². The van der Waals surface area contributed by atoms with E-state index in [2.05, 4.69) is 47.8 Å². The molecule has 3 aromatic heterocycles. The summed E-state index contributed by atoms with van der Waals surface area (Å²) in [4.78, 5) is 10.9. The molecule has 1 saturated heterocycles. The molecule has 0 bridgehead atoms. The number of nitrogens with one attached hydrogen (secondary N) is 2. The molecule has 178 valence electrons. The van der Waals surface area contributed by atoms with Gasteiger partial charge in [-0.25, -0.2) is 8.42 Å². The number of hydrogen-bond acceptors (Lipinski definition) is 5. The third-order valence-corrected chi connectivity index (χ3v) is 6.71. The molecule has 0 saturated carbocycles. The summed E-state index contributed by atoms with van der Waals surface area (Å²) in [6, 6.07) is 20.8. The number of sulfonamides is 1. The highest BCUT2D eigenvalue weighted by Gasteiger charge is 2.42. The molecular formula is C25H24N6O2S2. The van der Waals surface area contributed by atoms with Crippen molar-refractivity contribution in [1.82, 2.24) is 19.9 Å². The highest BCUT2D eigenvalue weighted by atomic mass is 32.2. The predicted octanol–water partition coefficient (Wildman–Crippen LogP) is 3.88. The Balaban J connectivity index is 1.55. The van der Waals surface area contributed by atoms with Crippen LogP contribution in [0, 0.1) is 0 Å². The van der Waals surface area contributed by atoms with E-state index in [-0.39, 0.29) is 12.1 Å². The normalized spacial score (nSPS) is 17.9. The summed E-state index contributed by atoms with van der Waals surface area (Å²) in [5.41, 5.74) is 4.38. The molecule has 0 amide bonds. The molecule has 0 radical (unpaired) electrons. The van der Waals surface area contributed by atoms with Crippen LogP contribution in [0.15, 0.2) is 91.5 Å². The molecule has 8 nitrogen and oxygen atoms in total. The van der Waals surface area contributed by atoms with Crippen molar-refractivity contribution in [3.63, 3.8) is 0 Å². The van der Waals surface area contributed by atoms with Gasteiger partial charge in [-0.05, 0) is 72.4 Å². The van der Waals surface area contributed by atoms with Gasteiger partial charge in [0.05, 0.1) is 18.0 Å². The molecule has 1 aliphatic rings. The Hall–Kier alpha value is -3.76. The minimum absolute atomic E-state index is 0.180. The van der Waals surface area contributed by atoms with Crippen molar-refractivity contribution >= 4 is 38.7 Å². The lowest BCUT2D eigenvalue weighted by atomic mass is 10.0. The second kappa shape index (κ2) is 9.47. The molecule has 0 spiro atoms. The first-order chi connectivity index (χ1) is 16.9. The zero-order chi connectivity index (χ0) is 24.4. The molecule has 5 rings (SSSR count). The fourth-order valence-corrected chi connectivity index (χ4v) is 5.28. The number of benzene rings is 1. The van der Waals surface area contributed by atoms with Crippen molar-refractivity contribution in [2.75, 3.05) is 15.9 Å². The summed E-state index contributed by atoms with van der Waals surface area (Å²) in [5, 5.41) is 4.03. The molecule has 1 aliphatic heterocycles. The molecule has 2 N–H and O–H groups in total. The van der Waals surface area contributed by atoms with Gasteiger partial charge in [-0.3, -0.25) is 14.7 Å². The average Bonchev–Trinajstić information content (AvgIpc) is 3.43. The Morgan fingerprint density at radius 1 is 1.03 bits per heavy atom. The Morgan fingerprint density at radius 2 is 1.86 bits per heavy atom. The van der Waals surface area contributed by atoms with Crippen LogP contribution in [-0.4, -0.2) is 34.3 Å². The minimum Gasteiger partial charge on any atom is -0.351 e. The monoisotopic (exact) mass is 504 g/mol. The van der Waals surface area contributed by atoms with Crippen LogP contribution < -0.4 is 14.9 Å². The Labute approximate surface area is 209 Å². The maximum atomic E-state index is 11.6. The predicted molar refractivity (Wildman–Crippen MR) is 141 cm³/mol. The number of hydrogen-bond donors (Lipinski definition) is 2. The van der Waals surface area contributed by atoms with Crippen molar-refractivity contribution in [3.05, 3.63) is 108 Å². The maximum absolute atomic E-state index is 11.6. The van der Waals surface area contributed by atoms with Gasteiger partial charge in [-0.2, -0.15) is 0 Å². The first kappa shape index (κ1) is 23.0. The van der Waals surface area contributed by atoms with E-state index >= 15 is 0 Å². The summed E-state index contributed by atoms with van der Waals surface area (Å²) >= 11 is 5.80. The Kier molecular flexibility index (Phi) is 6.23. The van der Waals surface area contributed by atoms with Gasteiger partial charge in [0.1, 0.15) is 6.04 Å². The van der Waals surface area contributed by atoms with Gasteiger partial charge in [0.15, 0.2) is 5.11 Å². The lowest BCUT2D eigenvalue weighted by Gasteiger charge is -2.29. The van der Waals surface area contributed by atoms with Gasteiger partial charge in [-0.15, -0.1) is 0 Å². The van der Waals surface area contributed by atoms with Gasteiger partial charge < -0.3 is 14.8 Å². The molecule has 10 heteroatoms. The fraction of sp³-hybridized carbons (Fsp3) is 0.160. The van der Waals surface area contributed by atoms with Crippen LogP contribution in [-0.2, 0) is 16.6 Å². The lowest BCUT2D eigenvalue weighted by Crippen LogP contribution is -2.30. The number of nitrogens with zero attached hydrogens (tertiary/aromatic N) is 4. The van der Waals surface area contributed by atoms with Gasteiger partial charge in [0.25, 0.3) is 0 Å². The first-order valence-electron chi connectivity index (χ1n) is 11.0. The quantitative estimate of drug-likeness (QED) is 0.369. The smallest absolute Gasteiger partial charge is 0.229 e. The highest BCUT2D eigenvalue weighted by molar-refractivity contribution is 7.92. The lowest BCUT2D eigenvalue weighted by molar-refractivity contribution is 0.533. The fourth-order valence-electron chi connectivity index (χ4n) is 4.37. The van der Waals surface area contributed by atoms with Crippen LogP contribution in [0.3, 0.4) is 0 Å². The van der Waals surface area contributed by atoms with Crippen molar-refractivity contribution in [2.24, 2.45) is 0 Å². The molecule has 4 aromatic rings. The zero-order valence-corrected chi connectivity index (χ0v) is 20.6. The van der Waals surface area contributed by atoms with Crippen LogP contribution >= 0.6 is 12.2 Å². The van der Waals surface area contributed by atoms with Crippen LogP contribution in [0.2, 0.25) is 0 Å². The van der Waals surface area contributed by atoms with Crippen molar-refractivity contribution in [3.8, 4) is 0 Å². The van der Waals surface area contributed by atoms with E-state index in [0.29, 0.717) is 17.3 Å². The van der Waals surface area contributed by atoms with Gasteiger partial charge >= 0.3 is 0 Å². The molecule has 1 aromatic carbocycles. The third kappa shape index (κ3) is 5.03. The first-order valence-corrected chi connectivity index (χ1v) is 13.3. The summed E-state index contributed by atoms with van der Waals surface area (Å²) in [5.74, 6) is 0. The molecule has 35 heavy (non-hydrogen) atoms. The molecular weight excluding hydrogens is 480 g/mol. The Bertz CT molecular complexity index is 1420. The minimum atomic E-state index is -3.36. The van der Waals surface area contributed by atoms with Gasteiger partial charge in [-0.1, -0.05) is 12.1 Å². The second-order valence-electron chi connectivity index (χ2n) is 8.34. The molecule has 2 unspecified atom stereocenters. The summed E-state index contributed by atoms with van der Waals surface area (Å²) in [6.07, 6.45) is 8.59. The summed E-state index contributed by atoms with van der Waals surface area (Å²) in [7, 11) is -3.36. The van der Waals surface area contributed by atoms with E-state index in [1.807, 2.05) is 48.7 Å². The molecule has 4 heterocycles. The summed E-state index contributed by atoms with van der Waals surface area (Å²) < 4.78 is 27.9. The van der Waals surface area contributed by atoms with Crippen LogP contribution in [0.25, 0.3) is 0 Å². The third-order valence-electron chi connectivity index (χ3n) is 5.79. The van der Waals surface area contributed by atoms with Crippen molar-refractivity contribution in [2.45, 2.75) is 18.6 Å². The number of anilines is 2. The molecule has 2 atom stereocenters. The highest BCUT2D eigenvalue weighted by Crippen LogP contribution is 2.42. The van der Waals surface area contributed by atoms with E-state index in [1.54, 1.807) is 24.5 Å². The number of thiocarbonyl (C=S) groups is 1. The van der Waals surface area contributed by atoms with E-state index in [9.17, 15) is 8.42 Å². The topological polar surface area (TPSA) is 92.2 Å². The SMILES string of the molecule is CS(=O)(=O)Nc1ccc(N2C(=S)NC(c3ccccn3)C2c2cccn2Cc2cccnc2)cc1. The van der Waals surface area contributed by atoms with Crippen LogP contribution in [0.1, 0.15) is 29.0 Å². The maximum Gasteiger partial charge on any atom is 0.229 e. The number of aromatic nitrogens is 3. The van der Waals surface area contributed by atoms with Gasteiger partial charge in [0, 0.05) is 48.4 Å². The van der Waals surface area contributed by atoms with E-state index in [1.165, 1.54) is 0 Å². The van der Waals surface area contributed by atoms with Crippen molar-refractivity contribution in [1.29, 1.82) is 0 Å². The van der Waals surface area contributed by atoms with Gasteiger partial charge in [0.2, 0.25) is 10.0 Å². The van der Waals surface area contributed by atoms with Crippen LogP contribution in [0.4, 0.5) is 11.4 Å². The summed E-state index contributed by atoms with van der Waals surface area (Å²) in [6.45, 7) is 0.666. The van der Waals surface area contributed by atoms with E-state index in [4.69, 9.17) is 12.2 Å². The number of pyridine rings is 2. The van der Waals surface area contributed by atoms with E-state index in [0.717, 1.165) is 28.9 Å². The molecule has 1 fully saturated rings. The largest absolute Gasteiger partial charge is 0.351 e. The number of rotatable bonds is 7. The second-order valence-corrected chi connectivity index (χ2v) is 10.5. The average molecular weight is 505 g/mol. The van der Waals surface area contributed by atoms with Crippen LogP contribution in [0.5, 0.6) is 0 Å². The zero-order valence-electron chi connectivity index (χ0n) is 18.9. The standard InChI is InChI=1S/C25H24N6O2S2/c1-35(32,33)29-19-9-11-20(12-10-19)31-24(23(28-25(31)34)21-7-2-3-14-27-21)22-8-5-15-30(22)17-18-6-4-13-26-16-18/h2-16,23-24,29H,17H2,1H3,(H,28,34). The molecule has 0 aliphatic carbocycles. The van der Waals surface area contributed by atoms with E-state index < -0.39 is 10.0 Å². The Morgan fingerprint density at radius 3 is 2.54 bits per heavy atom.